The molecule has 1 aromatic rings. The summed E-state index contributed by atoms with van der Waals surface area (Å²) in [6.45, 7) is 6.36. The highest BCUT2D eigenvalue weighted by Gasteiger charge is 2.06. The Kier molecular flexibility index (Phi) is 4.91. The SMILES string of the molecule is C=CCCCOc1ccccc1C(C)N. The first-order valence-corrected chi connectivity index (χ1v) is 5.34. The normalized spacial score (nSPS) is 12.1. The smallest absolute Gasteiger partial charge is 0.124 e. The average Bonchev–Trinajstić information content (AvgIpc) is 2.25. The third kappa shape index (κ3) is 3.76. The zero-order chi connectivity index (χ0) is 11.1. The van der Waals surface area contributed by atoms with Crippen LogP contribution < -0.4 is 10.5 Å². The molecule has 0 aliphatic carbocycles. The highest BCUT2D eigenvalue weighted by molar-refractivity contribution is 5.35. The van der Waals surface area contributed by atoms with E-state index in [1.165, 1.54) is 0 Å². The van der Waals surface area contributed by atoms with Crippen LogP contribution in [0.4, 0.5) is 0 Å². The Balaban J connectivity index is 2.55. The molecule has 0 aliphatic heterocycles. The Hall–Kier alpha value is -1.28. The van der Waals surface area contributed by atoms with Crippen molar-refractivity contribution in [2.75, 3.05) is 6.61 Å². The van der Waals surface area contributed by atoms with Crippen molar-refractivity contribution >= 4 is 0 Å². The number of para-hydroxylation sites is 1. The molecule has 0 spiro atoms. The van der Waals surface area contributed by atoms with Gasteiger partial charge in [0.1, 0.15) is 5.75 Å². The molecule has 0 aliphatic rings. The molecule has 0 radical (unpaired) electrons. The van der Waals surface area contributed by atoms with Gasteiger partial charge in [-0.1, -0.05) is 24.3 Å². The molecule has 1 rings (SSSR count). The predicted octanol–water partition coefficient (Wildman–Crippen LogP) is 3.05. The van der Waals surface area contributed by atoms with Gasteiger partial charge in [-0.2, -0.15) is 0 Å². The monoisotopic (exact) mass is 205 g/mol. The number of benzene rings is 1. The second-order valence-electron chi connectivity index (χ2n) is 3.61. The first-order valence-electron chi connectivity index (χ1n) is 5.34. The van der Waals surface area contributed by atoms with Gasteiger partial charge in [0.25, 0.3) is 0 Å². The van der Waals surface area contributed by atoms with Crippen LogP contribution in [-0.4, -0.2) is 6.61 Å². The van der Waals surface area contributed by atoms with Crippen molar-refractivity contribution in [3.63, 3.8) is 0 Å². The molecule has 2 heteroatoms. The molecule has 0 saturated heterocycles. The van der Waals surface area contributed by atoms with Gasteiger partial charge in [0.05, 0.1) is 6.61 Å². The van der Waals surface area contributed by atoms with E-state index in [1.807, 2.05) is 37.3 Å². The molecule has 82 valence electrons. The first kappa shape index (κ1) is 11.8. The zero-order valence-electron chi connectivity index (χ0n) is 9.28. The Labute approximate surface area is 91.7 Å². The summed E-state index contributed by atoms with van der Waals surface area (Å²) in [5.74, 6) is 0.900. The van der Waals surface area contributed by atoms with Crippen molar-refractivity contribution in [2.45, 2.75) is 25.8 Å². The largest absolute Gasteiger partial charge is 0.493 e. The predicted molar refractivity (Wildman–Crippen MR) is 64.0 cm³/mol. The van der Waals surface area contributed by atoms with Gasteiger partial charge in [0.15, 0.2) is 0 Å². The lowest BCUT2D eigenvalue weighted by molar-refractivity contribution is 0.307. The minimum atomic E-state index is 0.0144. The molecule has 1 unspecified atom stereocenters. The lowest BCUT2D eigenvalue weighted by Gasteiger charge is -2.13. The Morgan fingerprint density at radius 3 is 2.87 bits per heavy atom. The van der Waals surface area contributed by atoms with Crippen LogP contribution in [0.25, 0.3) is 0 Å². The molecule has 0 heterocycles. The molecular formula is C13H19NO. The van der Waals surface area contributed by atoms with Gasteiger partial charge in [-0.25, -0.2) is 0 Å². The molecule has 0 amide bonds. The average molecular weight is 205 g/mol. The molecule has 0 bridgehead atoms. The molecule has 0 fully saturated rings. The van der Waals surface area contributed by atoms with E-state index >= 15 is 0 Å². The minimum Gasteiger partial charge on any atom is -0.493 e. The van der Waals surface area contributed by atoms with E-state index in [4.69, 9.17) is 10.5 Å². The summed E-state index contributed by atoms with van der Waals surface area (Å²) in [5, 5.41) is 0. The van der Waals surface area contributed by atoms with Gasteiger partial charge >= 0.3 is 0 Å². The van der Waals surface area contributed by atoms with Gasteiger partial charge < -0.3 is 10.5 Å². The maximum absolute atomic E-state index is 5.85. The van der Waals surface area contributed by atoms with Gasteiger partial charge in [-0.3, -0.25) is 0 Å². The molecule has 0 saturated carbocycles. The van der Waals surface area contributed by atoms with Gasteiger partial charge in [-0.05, 0) is 25.8 Å². The van der Waals surface area contributed by atoms with Crippen LogP contribution in [-0.2, 0) is 0 Å². The van der Waals surface area contributed by atoms with E-state index in [0.29, 0.717) is 0 Å². The van der Waals surface area contributed by atoms with E-state index in [2.05, 4.69) is 6.58 Å². The fourth-order valence-corrected chi connectivity index (χ4v) is 1.40. The second-order valence-corrected chi connectivity index (χ2v) is 3.61. The van der Waals surface area contributed by atoms with Gasteiger partial charge in [0, 0.05) is 11.6 Å². The van der Waals surface area contributed by atoms with Crippen LogP contribution >= 0.6 is 0 Å². The van der Waals surface area contributed by atoms with Crippen molar-refractivity contribution < 1.29 is 4.74 Å². The lowest BCUT2D eigenvalue weighted by atomic mass is 10.1. The van der Waals surface area contributed by atoms with E-state index in [9.17, 15) is 0 Å². The summed E-state index contributed by atoms with van der Waals surface area (Å²) in [7, 11) is 0. The molecule has 1 atom stereocenters. The second kappa shape index (κ2) is 6.25. The van der Waals surface area contributed by atoms with Crippen LogP contribution in [0.2, 0.25) is 0 Å². The van der Waals surface area contributed by atoms with E-state index in [1.54, 1.807) is 0 Å². The third-order valence-electron chi connectivity index (χ3n) is 2.22. The third-order valence-corrected chi connectivity index (χ3v) is 2.22. The van der Waals surface area contributed by atoms with Crippen LogP contribution in [0.3, 0.4) is 0 Å². The van der Waals surface area contributed by atoms with Gasteiger partial charge in [-0.15, -0.1) is 6.58 Å². The molecule has 2 nitrogen and oxygen atoms in total. The van der Waals surface area contributed by atoms with Crippen molar-refractivity contribution in [3.05, 3.63) is 42.5 Å². The fraction of sp³-hybridized carbons (Fsp3) is 0.385. The summed E-state index contributed by atoms with van der Waals surface area (Å²) in [6, 6.07) is 7.94. The molecule has 15 heavy (non-hydrogen) atoms. The van der Waals surface area contributed by atoms with Gasteiger partial charge in [0.2, 0.25) is 0 Å². The Bertz CT molecular complexity index is 307. The lowest BCUT2D eigenvalue weighted by Crippen LogP contribution is -2.08. The molecule has 0 aromatic heterocycles. The zero-order valence-corrected chi connectivity index (χ0v) is 9.28. The van der Waals surface area contributed by atoms with E-state index < -0.39 is 0 Å². The molecule has 1 aromatic carbocycles. The number of hydrogen-bond donors (Lipinski definition) is 1. The molecular weight excluding hydrogens is 186 g/mol. The first-order chi connectivity index (χ1) is 7.25. The summed E-state index contributed by atoms with van der Waals surface area (Å²) in [6.07, 6.45) is 3.89. The van der Waals surface area contributed by atoms with E-state index in [-0.39, 0.29) is 6.04 Å². The summed E-state index contributed by atoms with van der Waals surface area (Å²) >= 11 is 0. The van der Waals surface area contributed by atoms with Crippen LogP contribution in [0.1, 0.15) is 31.4 Å². The Morgan fingerprint density at radius 1 is 1.47 bits per heavy atom. The summed E-state index contributed by atoms with van der Waals surface area (Å²) < 4.78 is 5.67. The van der Waals surface area contributed by atoms with Crippen LogP contribution in [0.5, 0.6) is 5.75 Å². The highest BCUT2D eigenvalue weighted by atomic mass is 16.5. The number of ether oxygens (including phenoxy) is 1. The van der Waals surface area contributed by atoms with Crippen molar-refractivity contribution in [1.29, 1.82) is 0 Å². The topological polar surface area (TPSA) is 35.2 Å². The standard InChI is InChI=1S/C13H19NO/c1-3-4-7-10-15-13-9-6-5-8-12(13)11(2)14/h3,5-6,8-9,11H,1,4,7,10,14H2,2H3. The van der Waals surface area contributed by atoms with E-state index in [0.717, 1.165) is 30.8 Å². The fourth-order valence-electron chi connectivity index (χ4n) is 1.40. The Morgan fingerprint density at radius 2 is 2.20 bits per heavy atom. The maximum Gasteiger partial charge on any atom is 0.124 e. The quantitative estimate of drug-likeness (QED) is 0.572. The van der Waals surface area contributed by atoms with Crippen molar-refractivity contribution in [3.8, 4) is 5.75 Å². The number of unbranched alkanes of at least 4 members (excludes halogenated alkanes) is 1. The van der Waals surface area contributed by atoms with Crippen LogP contribution in [0.15, 0.2) is 36.9 Å². The summed E-state index contributed by atoms with van der Waals surface area (Å²) in [4.78, 5) is 0. The van der Waals surface area contributed by atoms with Crippen molar-refractivity contribution in [2.24, 2.45) is 5.73 Å². The number of allylic oxidation sites excluding steroid dienone is 1. The van der Waals surface area contributed by atoms with Crippen LogP contribution in [0, 0.1) is 0 Å². The minimum absolute atomic E-state index is 0.0144. The maximum atomic E-state index is 5.85. The molecule has 2 N–H and O–H groups in total. The highest BCUT2D eigenvalue weighted by Crippen LogP contribution is 2.23. The number of hydrogen-bond acceptors (Lipinski definition) is 2. The number of nitrogens with two attached hydrogens (primary N) is 1. The number of rotatable bonds is 6. The van der Waals surface area contributed by atoms with Crippen molar-refractivity contribution in [1.82, 2.24) is 0 Å². The summed E-state index contributed by atoms with van der Waals surface area (Å²) in [5.41, 5.74) is 6.91.